The van der Waals surface area contributed by atoms with Gasteiger partial charge in [0.2, 0.25) is 0 Å². The second-order valence-corrected chi connectivity index (χ2v) is 4.09. The second-order valence-electron chi connectivity index (χ2n) is 4.09. The van der Waals surface area contributed by atoms with Crippen molar-refractivity contribution < 1.29 is 9.47 Å². The Balaban J connectivity index is 2.12. The van der Waals surface area contributed by atoms with Crippen molar-refractivity contribution in [1.82, 2.24) is 20.1 Å². The Kier molecular flexibility index (Phi) is 4.35. The Bertz CT molecular complexity index is 539. The Labute approximate surface area is 112 Å². The van der Waals surface area contributed by atoms with E-state index in [0.717, 1.165) is 22.9 Å². The monoisotopic (exact) mass is 262 g/mol. The standard InChI is InChI=1S/C13H18N4O2/c1-14-7-10-6-11(18-3)4-5-12(10)19-8-13-15-9-16-17(13)2/h4-6,9,14H,7-8H2,1-3H3. The third-order valence-electron chi connectivity index (χ3n) is 2.80. The van der Waals surface area contributed by atoms with Crippen LogP contribution in [-0.4, -0.2) is 28.9 Å². The van der Waals surface area contributed by atoms with Crippen molar-refractivity contribution in [1.29, 1.82) is 0 Å². The number of rotatable bonds is 6. The highest BCUT2D eigenvalue weighted by Gasteiger charge is 2.07. The zero-order chi connectivity index (χ0) is 13.7. The smallest absolute Gasteiger partial charge is 0.164 e. The van der Waals surface area contributed by atoms with E-state index in [9.17, 15) is 0 Å². The molecule has 102 valence electrons. The first kappa shape index (κ1) is 13.4. The number of hydrogen-bond acceptors (Lipinski definition) is 5. The van der Waals surface area contributed by atoms with E-state index in [1.165, 1.54) is 6.33 Å². The Morgan fingerprint density at radius 2 is 2.21 bits per heavy atom. The maximum atomic E-state index is 5.80. The van der Waals surface area contributed by atoms with Crippen LogP contribution in [0.2, 0.25) is 0 Å². The van der Waals surface area contributed by atoms with Crippen LogP contribution in [0.3, 0.4) is 0 Å². The van der Waals surface area contributed by atoms with Gasteiger partial charge in [-0.2, -0.15) is 5.10 Å². The van der Waals surface area contributed by atoms with Crippen LogP contribution in [0.1, 0.15) is 11.4 Å². The number of methoxy groups -OCH3 is 1. The molecule has 19 heavy (non-hydrogen) atoms. The number of hydrogen-bond donors (Lipinski definition) is 1. The third-order valence-corrected chi connectivity index (χ3v) is 2.80. The summed E-state index contributed by atoms with van der Waals surface area (Å²) in [7, 11) is 5.39. The molecule has 0 atom stereocenters. The zero-order valence-corrected chi connectivity index (χ0v) is 11.4. The molecular weight excluding hydrogens is 244 g/mol. The largest absolute Gasteiger partial charge is 0.497 e. The molecule has 1 N–H and O–H groups in total. The van der Waals surface area contributed by atoms with Gasteiger partial charge in [0.15, 0.2) is 5.82 Å². The molecule has 0 bridgehead atoms. The number of nitrogens with one attached hydrogen (secondary N) is 1. The highest BCUT2D eigenvalue weighted by Crippen LogP contribution is 2.24. The second kappa shape index (κ2) is 6.19. The summed E-state index contributed by atoms with van der Waals surface area (Å²) in [5.74, 6) is 2.42. The van der Waals surface area contributed by atoms with Crippen molar-refractivity contribution in [2.75, 3.05) is 14.2 Å². The van der Waals surface area contributed by atoms with Crippen LogP contribution in [0, 0.1) is 0 Å². The van der Waals surface area contributed by atoms with Crippen LogP contribution in [0.25, 0.3) is 0 Å². The molecule has 0 fully saturated rings. The third kappa shape index (κ3) is 3.23. The molecule has 6 heteroatoms. The molecular formula is C13H18N4O2. The van der Waals surface area contributed by atoms with Crippen molar-refractivity contribution >= 4 is 0 Å². The van der Waals surface area contributed by atoms with Gasteiger partial charge in [0.05, 0.1) is 7.11 Å². The summed E-state index contributed by atoms with van der Waals surface area (Å²) in [4.78, 5) is 4.13. The van der Waals surface area contributed by atoms with E-state index in [-0.39, 0.29) is 0 Å². The van der Waals surface area contributed by atoms with E-state index >= 15 is 0 Å². The lowest BCUT2D eigenvalue weighted by molar-refractivity contribution is 0.285. The lowest BCUT2D eigenvalue weighted by Gasteiger charge is -2.12. The van der Waals surface area contributed by atoms with Crippen LogP contribution >= 0.6 is 0 Å². The molecule has 0 spiro atoms. The lowest BCUT2D eigenvalue weighted by atomic mass is 10.2. The summed E-state index contributed by atoms with van der Waals surface area (Å²) >= 11 is 0. The van der Waals surface area contributed by atoms with Gasteiger partial charge in [-0.25, -0.2) is 4.98 Å². The highest BCUT2D eigenvalue weighted by atomic mass is 16.5. The quantitative estimate of drug-likeness (QED) is 0.845. The van der Waals surface area contributed by atoms with Gasteiger partial charge < -0.3 is 14.8 Å². The molecule has 0 aliphatic rings. The van der Waals surface area contributed by atoms with E-state index in [2.05, 4.69) is 15.4 Å². The van der Waals surface area contributed by atoms with E-state index in [4.69, 9.17) is 9.47 Å². The molecule has 1 heterocycles. The fourth-order valence-electron chi connectivity index (χ4n) is 1.75. The topological polar surface area (TPSA) is 61.2 Å². The summed E-state index contributed by atoms with van der Waals surface area (Å²) in [6.07, 6.45) is 1.52. The van der Waals surface area contributed by atoms with Gasteiger partial charge in [0, 0.05) is 19.2 Å². The predicted molar refractivity (Wildman–Crippen MR) is 71.1 cm³/mol. The fourth-order valence-corrected chi connectivity index (χ4v) is 1.75. The Morgan fingerprint density at radius 3 is 2.84 bits per heavy atom. The van der Waals surface area contributed by atoms with Crippen LogP contribution in [0.5, 0.6) is 11.5 Å². The fraction of sp³-hybridized carbons (Fsp3) is 0.385. The normalized spacial score (nSPS) is 10.5. The van der Waals surface area contributed by atoms with Crippen molar-refractivity contribution in [3.63, 3.8) is 0 Å². The van der Waals surface area contributed by atoms with Crippen molar-refractivity contribution in [3.05, 3.63) is 35.9 Å². The SMILES string of the molecule is CNCc1cc(OC)ccc1OCc1ncnn1C. The van der Waals surface area contributed by atoms with Gasteiger partial charge in [-0.15, -0.1) is 0 Å². The van der Waals surface area contributed by atoms with Gasteiger partial charge in [-0.3, -0.25) is 4.68 Å². The van der Waals surface area contributed by atoms with Crippen molar-refractivity contribution in [2.24, 2.45) is 7.05 Å². The first-order chi connectivity index (χ1) is 9.24. The van der Waals surface area contributed by atoms with E-state index < -0.39 is 0 Å². The number of benzene rings is 1. The van der Waals surface area contributed by atoms with Gasteiger partial charge in [0.25, 0.3) is 0 Å². The number of nitrogens with zero attached hydrogens (tertiary/aromatic N) is 3. The van der Waals surface area contributed by atoms with E-state index in [1.54, 1.807) is 11.8 Å². The van der Waals surface area contributed by atoms with Crippen LogP contribution in [0.4, 0.5) is 0 Å². The summed E-state index contributed by atoms with van der Waals surface area (Å²) in [6.45, 7) is 1.10. The maximum Gasteiger partial charge on any atom is 0.164 e. The molecule has 0 unspecified atom stereocenters. The van der Waals surface area contributed by atoms with E-state index in [0.29, 0.717) is 13.2 Å². The van der Waals surface area contributed by atoms with Crippen molar-refractivity contribution in [2.45, 2.75) is 13.2 Å². The Morgan fingerprint density at radius 1 is 1.37 bits per heavy atom. The van der Waals surface area contributed by atoms with Crippen LogP contribution < -0.4 is 14.8 Å². The van der Waals surface area contributed by atoms with E-state index in [1.807, 2.05) is 32.3 Å². The average Bonchev–Trinajstić information content (AvgIpc) is 2.83. The van der Waals surface area contributed by atoms with Crippen LogP contribution in [-0.2, 0) is 20.2 Å². The molecule has 0 saturated carbocycles. The minimum atomic E-state index is 0.388. The molecule has 6 nitrogen and oxygen atoms in total. The minimum absolute atomic E-state index is 0.388. The molecule has 0 saturated heterocycles. The van der Waals surface area contributed by atoms with Gasteiger partial charge in [0.1, 0.15) is 24.4 Å². The highest BCUT2D eigenvalue weighted by molar-refractivity contribution is 5.40. The van der Waals surface area contributed by atoms with Gasteiger partial charge >= 0.3 is 0 Å². The molecule has 1 aromatic heterocycles. The maximum absolute atomic E-state index is 5.80. The molecule has 0 aliphatic carbocycles. The predicted octanol–water partition coefficient (Wildman–Crippen LogP) is 1.12. The molecule has 0 aliphatic heterocycles. The molecule has 2 rings (SSSR count). The Hall–Kier alpha value is -2.08. The lowest BCUT2D eigenvalue weighted by Crippen LogP contribution is -2.09. The molecule has 2 aromatic rings. The number of aryl methyl sites for hydroxylation is 1. The zero-order valence-electron chi connectivity index (χ0n) is 11.4. The summed E-state index contributed by atoms with van der Waals surface area (Å²) < 4.78 is 12.7. The molecule has 1 aromatic carbocycles. The average molecular weight is 262 g/mol. The minimum Gasteiger partial charge on any atom is -0.497 e. The summed E-state index contributed by atoms with van der Waals surface area (Å²) in [6, 6.07) is 5.75. The summed E-state index contributed by atoms with van der Waals surface area (Å²) in [5, 5.41) is 7.12. The van der Waals surface area contributed by atoms with Crippen molar-refractivity contribution in [3.8, 4) is 11.5 Å². The first-order valence-electron chi connectivity index (χ1n) is 6.01. The molecule has 0 radical (unpaired) electrons. The van der Waals surface area contributed by atoms with Gasteiger partial charge in [-0.1, -0.05) is 0 Å². The van der Waals surface area contributed by atoms with Gasteiger partial charge in [-0.05, 0) is 25.2 Å². The number of ether oxygens (including phenoxy) is 2. The first-order valence-corrected chi connectivity index (χ1v) is 6.01. The van der Waals surface area contributed by atoms with Crippen LogP contribution in [0.15, 0.2) is 24.5 Å². The summed E-state index contributed by atoms with van der Waals surface area (Å²) in [5.41, 5.74) is 1.05. The molecule has 0 amide bonds. The number of aromatic nitrogens is 3.